The van der Waals surface area contributed by atoms with Gasteiger partial charge in [0.1, 0.15) is 0 Å². The minimum atomic E-state index is -0.324. The Hall–Kier alpha value is -3.72. The van der Waals surface area contributed by atoms with Crippen molar-refractivity contribution in [1.29, 1.82) is 0 Å². The van der Waals surface area contributed by atoms with E-state index in [9.17, 15) is 9.59 Å². The molecule has 32 heavy (non-hydrogen) atoms. The van der Waals surface area contributed by atoms with E-state index >= 15 is 0 Å². The molecule has 0 radical (unpaired) electrons. The van der Waals surface area contributed by atoms with Crippen LogP contribution >= 0.6 is 0 Å². The molecule has 156 valence electrons. The number of nitrogens with zero attached hydrogens (tertiary/aromatic N) is 1. The van der Waals surface area contributed by atoms with Gasteiger partial charge in [0.05, 0.1) is 17.5 Å². The van der Waals surface area contributed by atoms with Crippen molar-refractivity contribution in [3.8, 4) is 0 Å². The molecule has 3 aromatic rings. The van der Waals surface area contributed by atoms with Gasteiger partial charge in [-0.1, -0.05) is 84.9 Å². The number of carbonyl (C=O) groups is 2. The minimum absolute atomic E-state index is 0.0494. The molecule has 3 aliphatic rings. The average Bonchev–Trinajstić information content (AvgIpc) is 3.45. The van der Waals surface area contributed by atoms with Gasteiger partial charge in [0.25, 0.3) is 0 Å². The third kappa shape index (κ3) is 2.67. The number of hydrogen-bond acceptors (Lipinski definition) is 2. The lowest BCUT2D eigenvalue weighted by atomic mass is 9.85. The summed E-state index contributed by atoms with van der Waals surface area (Å²) in [7, 11) is 0. The normalized spacial score (nSPS) is 25.5. The number of fused-ring (bicyclic) bond motifs is 5. The molecule has 1 aliphatic heterocycles. The first kappa shape index (κ1) is 19.0. The van der Waals surface area contributed by atoms with Crippen molar-refractivity contribution < 1.29 is 9.59 Å². The standard InChI is InChI=1S/C29H23NO2/c1-18-9-8-14-21(17-18)30-28(31)26-22-15-16-23(27(26)29(30)32)25(22)24(19-10-4-2-5-11-19)20-12-6-3-7-13-20/h2-17,22-23,26-27H,1H3. The number of hydrogen-bond donors (Lipinski definition) is 0. The van der Waals surface area contributed by atoms with Crippen LogP contribution in [0.5, 0.6) is 0 Å². The zero-order valence-electron chi connectivity index (χ0n) is 17.8. The Morgan fingerprint density at radius 1 is 0.688 bits per heavy atom. The number of imide groups is 1. The monoisotopic (exact) mass is 417 g/mol. The van der Waals surface area contributed by atoms with Gasteiger partial charge >= 0.3 is 0 Å². The summed E-state index contributed by atoms with van der Waals surface area (Å²) in [4.78, 5) is 28.6. The van der Waals surface area contributed by atoms with Gasteiger partial charge in [0.2, 0.25) is 11.8 Å². The van der Waals surface area contributed by atoms with Crippen molar-refractivity contribution in [1.82, 2.24) is 0 Å². The van der Waals surface area contributed by atoms with Gasteiger partial charge in [-0.05, 0) is 46.9 Å². The van der Waals surface area contributed by atoms with E-state index in [1.165, 1.54) is 10.5 Å². The van der Waals surface area contributed by atoms with Gasteiger partial charge in [-0.2, -0.15) is 0 Å². The van der Waals surface area contributed by atoms with Crippen LogP contribution in [-0.2, 0) is 9.59 Å². The first-order valence-corrected chi connectivity index (χ1v) is 11.1. The number of allylic oxidation sites excluding steroid dienone is 3. The summed E-state index contributed by atoms with van der Waals surface area (Å²) in [6.07, 6.45) is 4.30. The maximum Gasteiger partial charge on any atom is 0.238 e. The summed E-state index contributed by atoms with van der Waals surface area (Å²) in [5, 5.41) is 0. The second kappa shape index (κ2) is 7.16. The van der Waals surface area contributed by atoms with Gasteiger partial charge in [-0.3, -0.25) is 9.59 Å². The van der Waals surface area contributed by atoms with Gasteiger partial charge in [-0.15, -0.1) is 0 Å². The summed E-state index contributed by atoms with van der Waals surface area (Å²) < 4.78 is 0. The maximum absolute atomic E-state index is 13.6. The lowest BCUT2D eigenvalue weighted by Crippen LogP contribution is -2.33. The zero-order chi connectivity index (χ0) is 21.8. The third-order valence-electron chi connectivity index (χ3n) is 7.09. The molecule has 0 aromatic heterocycles. The molecule has 4 unspecified atom stereocenters. The summed E-state index contributed by atoms with van der Waals surface area (Å²) in [5.74, 6) is -0.884. The van der Waals surface area contributed by atoms with Gasteiger partial charge in [-0.25, -0.2) is 4.90 Å². The van der Waals surface area contributed by atoms with E-state index in [1.807, 2.05) is 67.6 Å². The molecule has 0 spiro atoms. The molecule has 1 saturated heterocycles. The molecule has 1 heterocycles. The van der Waals surface area contributed by atoms with E-state index in [-0.39, 0.29) is 35.5 Å². The first-order chi connectivity index (χ1) is 15.6. The molecule has 3 aromatic carbocycles. The van der Waals surface area contributed by atoms with Crippen LogP contribution in [-0.4, -0.2) is 11.8 Å². The Morgan fingerprint density at radius 3 is 1.72 bits per heavy atom. The summed E-state index contributed by atoms with van der Waals surface area (Å²) in [6, 6.07) is 28.3. The molecule has 4 atom stereocenters. The van der Waals surface area contributed by atoms with Crippen molar-refractivity contribution in [3.63, 3.8) is 0 Å². The molecule has 3 heteroatoms. The lowest BCUT2D eigenvalue weighted by Gasteiger charge is -2.21. The van der Waals surface area contributed by atoms with Crippen LogP contribution in [0.2, 0.25) is 0 Å². The fourth-order valence-corrected chi connectivity index (χ4v) is 5.83. The fourth-order valence-electron chi connectivity index (χ4n) is 5.83. The quantitative estimate of drug-likeness (QED) is 0.422. The largest absolute Gasteiger partial charge is 0.274 e. The number of anilines is 1. The van der Waals surface area contributed by atoms with Crippen LogP contribution in [0.1, 0.15) is 16.7 Å². The molecule has 2 amide bonds. The van der Waals surface area contributed by atoms with E-state index in [2.05, 4.69) is 36.4 Å². The first-order valence-electron chi connectivity index (χ1n) is 11.1. The van der Waals surface area contributed by atoms with E-state index in [4.69, 9.17) is 0 Å². The van der Waals surface area contributed by atoms with Crippen molar-refractivity contribution in [2.24, 2.45) is 23.7 Å². The van der Waals surface area contributed by atoms with Crippen molar-refractivity contribution in [2.75, 3.05) is 4.90 Å². The summed E-state index contributed by atoms with van der Waals surface area (Å²) >= 11 is 0. The van der Waals surface area contributed by atoms with Crippen LogP contribution < -0.4 is 4.90 Å². The van der Waals surface area contributed by atoms with Crippen LogP contribution in [0.15, 0.2) is 103 Å². The minimum Gasteiger partial charge on any atom is -0.274 e. The van der Waals surface area contributed by atoms with E-state index in [0.29, 0.717) is 5.69 Å². The summed E-state index contributed by atoms with van der Waals surface area (Å²) in [6.45, 7) is 1.98. The summed E-state index contributed by atoms with van der Waals surface area (Å²) in [5.41, 5.74) is 6.35. The molecule has 2 bridgehead atoms. The van der Waals surface area contributed by atoms with Crippen LogP contribution in [0.4, 0.5) is 5.69 Å². The van der Waals surface area contributed by atoms with Gasteiger partial charge in [0, 0.05) is 11.8 Å². The Morgan fingerprint density at radius 2 is 1.22 bits per heavy atom. The van der Waals surface area contributed by atoms with E-state index in [1.54, 1.807) is 0 Å². The molecule has 2 aliphatic carbocycles. The highest BCUT2D eigenvalue weighted by molar-refractivity contribution is 6.23. The van der Waals surface area contributed by atoms with Crippen LogP contribution in [0.3, 0.4) is 0 Å². The smallest absolute Gasteiger partial charge is 0.238 e. The number of amides is 2. The Labute approximate surface area is 187 Å². The second-order valence-electron chi connectivity index (χ2n) is 8.90. The second-order valence-corrected chi connectivity index (χ2v) is 8.90. The molecular formula is C29H23NO2. The fraction of sp³-hybridized carbons (Fsp3) is 0.172. The van der Waals surface area contributed by atoms with Crippen molar-refractivity contribution in [2.45, 2.75) is 6.92 Å². The lowest BCUT2D eigenvalue weighted by molar-refractivity contribution is -0.122. The third-order valence-corrected chi connectivity index (χ3v) is 7.09. The molecule has 1 saturated carbocycles. The molecule has 6 rings (SSSR count). The van der Waals surface area contributed by atoms with E-state index in [0.717, 1.165) is 22.3 Å². The average molecular weight is 418 g/mol. The number of aryl methyl sites for hydroxylation is 1. The molecule has 0 N–H and O–H groups in total. The molecular weight excluding hydrogens is 394 g/mol. The number of rotatable bonds is 3. The Balaban J connectivity index is 1.49. The topological polar surface area (TPSA) is 37.4 Å². The molecule has 2 fully saturated rings. The van der Waals surface area contributed by atoms with Crippen molar-refractivity contribution >= 4 is 23.1 Å². The Kier molecular flexibility index (Phi) is 4.25. The highest BCUT2D eigenvalue weighted by Crippen LogP contribution is 2.58. The Bertz CT molecular complexity index is 1210. The van der Waals surface area contributed by atoms with E-state index < -0.39 is 0 Å². The van der Waals surface area contributed by atoms with Crippen LogP contribution in [0, 0.1) is 30.6 Å². The highest BCUT2D eigenvalue weighted by atomic mass is 16.2. The van der Waals surface area contributed by atoms with Crippen LogP contribution in [0.25, 0.3) is 5.57 Å². The number of carbonyl (C=O) groups excluding carboxylic acids is 2. The zero-order valence-corrected chi connectivity index (χ0v) is 17.8. The SMILES string of the molecule is Cc1cccc(N2C(=O)C3C4C=CC(C4=C(c4ccccc4)c4ccccc4)C3C2=O)c1. The predicted molar refractivity (Wildman–Crippen MR) is 126 cm³/mol. The maximum atomic E-state index is 13.6. The number of benzene rings is 3. The molecule has 3 nitrogen and oxygen atoms in total. The highest BCUT2D eigenvalue weighted by Gasteiger charge is 2.62. The van der Waals surface area contributed by atoms with Gasteiger partial charge < -0.3 is 0 Å². The predicted octanol–water partition coefficient (Wildman–Crippen LogP) is 5.42. The van der Waals surface area contributed by atoms with Crippen molar-refractivity contribution in [3.05, 3.63) is 119 Å². The van der Waals surface area contributed by atoms with Gasteiger partial charge in [0.15, 0.2) is 0 Å².